The molecule has 0 heterocycles. The molecule has 0 atom stereocenters. The predicted octanol–water partition coefficient (Wildman–Crippen LogP) is 3.06. The molecule has 1 fully saturated rings. The minimum absolute atomic E-state index is 0.153. The van der Waals surface area contributed by atoms with Crippen molar-refractivity contribution >= 4 is 23.5 Å². The Morgan fingerprint density at radius 3 is 2.53 bits per heavy atom. The van der Waals surface area contributed by atoms with E-state index in [9.17, 15) is 18.8 Å². The molecule has 2 amide bonds. The Bertz CT molecular complexity index is 912. The van der Waals surface area contributed by atoms with Gasteiger partial charge in [0.05, 0.1) is 11.3 Å². The summed E-state index contributed by atoms with van der Waals surface area (Å²) in [6, 6.07) is 12.1. The van der Waals surface area contributed by atoms with Crippen LogP contribution in [0.25, 0.3) is 0 Å². The zero-order chi connectivity index (χ0) is 21.3. The summed E-state index contributed by atoms with van der Waals surface area (Å²) < 4.78 is 23.1. The maximum Gasteiger partial charge on any atom is 0.344 e. The summed E-state index contributed by atoms with van der Waals surface area (Å²) >= 11 is 0. The van der Waals surface area contributed by atoms with Crippen molar-refractivity contribution in [2.24, 2.45) is 0 Å². The van der Waals surface area contributed by atoms with Crippen LogP contribution in [0.2, 0.25) is 0 Å². The molecule has 1 aliphatic rings. The van der Waals surface area contributed by atoms with Crippen LogP contribution in [0.1, 0.15) is 36.0 Å². The number of carbonyl (C=O) groups is 3. The third kappa shape index (κ3) is 6.30. The molecule has 8 heteroatoms. The Hall–Kier alpha value is -3.42. The fraction of sp³-hybridized carbons (Fsp3) is 0.318. The molecular formula is C22H23FN2O5. The molecule has 7 nitrogen and oxygen atoms in total. The van der Waals surface area contributed by atoms with Gasteiger partial charge in [0.1, 0.15) is 11.6 Å². The molecule has 0 spiro atoms. The summed E-state index contributed by atoms with van der Waals surface area (Å²) in [5, 5.41) is 5.56. The Morgan fingerprint density at radius 2 is 1.77 bits per heavy atom. The van der Waals surface area contributed by atoms with E-state index in [1.165, 1.54) is 18.2 Å². The SMILES string of the molecule is O=C(COC(=O)COc1cccc(F)c1)Nc1ccccc1C(=O)NC1CCCC1. The van der Waals surface area contributed by atoms with Gasteiger partial charge in [-0.05, 0) is 37.1 Å². The summed E-state index contributed by atoms with van der Waals surface area (Å²) in [7, 11) is 0. The first kappa shape index (κ1) is 21.3. The molecule has 158 valence electrons. The number of para-hydroxylation sites is 1. The largest absolute Gasteiger partial charge is 0.482 e. The molecule has 2 aromatic rings. The average molecular weight is 414 g/mol. The number of esters is 1. The molecule has 1 aliphatic carbocycles. The highest BCUT2D eigenvalue weighted by molar-refractivity contribution is 6.04. The van der Waals surface area contributed by atoms with E-state index in [1.54, 1.807) is 24.3 Å². The number of amides is 2. The minimum atomic E-state index is -0.776. The van der Waals surface area contributed by atoms with Crippen molar-refractivity contribution in [1.29, 1.82) is 0 Å². The number of nitrogens with one attached hydrogen (secondary N) is 2. The van der Waals surface area contributed by atoms with Gasteiger partial charge < -0.3 is 20.1 Å². The van der Waals surface area contributed by atoms with Crippen LogP contribution in [-0.2, 0) is 14.3 Å². The molecule has 0 saturated heterocycles. The first-order valence-corrected chi connectivity index (χ1v) is 9.75. The quantitative estimate of drug-likeness (QED) is 0.648. The van der Waals surface area contributed by atoms with Crippen LogP contribution < -0.4 is 15.4 Å². The lowest BCUT2D eigenvalue weighted by atomic mass is 10.1. The van der Waals surface area contributed by atoms with E-state index >= 15 is 0 Å². The van der Waals surface area contributed by atoms with E-state index < -0.39 is 30.9 Å². The zero-order valence-corrected chi connectivity index (χ0v) is 16.4. The Kier molecular flexibility index (Phi) is 7.37. The van der Waals surface area contributed by atoms with Crippen LogP contribution >= 0.6 is 0 Å². The molecule has 0 radical (unpaired) electrons. The van der Waals surface area contributed by atoms with Gasteiger partial charge in [-0.15, -0.1) is 0 Å². The van der Waals surface area contributed by atoms with Crippen molar-refractivity contribution in [2.45, 2.75) is 31.7 Å². The number of halogens is 1. The fourth-order valence-electron chi connectivity index (χ4n) is 3.20. The summed E-state index contributed by atoms with van der Waals surface area (Å²) in [5.74, 6) is -1.93. The van der Waals surface area contributed by atoms with Crippen molar-refractivity contribution < 1.29 is 28.2 Å². The Balaban J connectivity index is 1.47. The molecule has 1 saturated carbocycles. The van der Waals surface area contributed by atoms with Gasteiger partial charge in [0.2, 0.25) is 0 Å². The van der Waals surface area contributed by atoms with E-state index in [2.05, 4.69) is 10.6 Å². The fourth-order valence-corrected chi connectivity index (χ4v) is 3.20. The number of hydrogen-bond acceptors (Lipinski definition) is 5. The highest BCUT2D eigenvalue weighted by Gasteiger charge is 2.20. The molecule has 3 rings (SSSR count). The minimum Gasteiger partial charge on any atom is -0.482 e. The van der Waals surface area contributed by atoms with Crippen molar-refractivity contribution in [2.75, 3.05) is 18.5 Å². The molecule has 0 aromatic heterocycles. The highest BCUT2D eigenvalue weighted by atomic mass is 19.1. The van der Waals surface area contributed by atoms with E-state index in [0.717, 1.165) is 31.7 Å². The lowest BCUT2D eigenvalue weighted by Crippen LogP contribution is -2.33. The second-order valence-electron chi connectivity index (χ2n) is 6.96. The second-order valence-corrected chi connectivity index (χ2v) is 6.96. The standard InChI is InChI=1S/C22H23FN2O5/c23-15-6-5-9-17(12-15)29-14-21(27)30-13-20(26)25-19-11-4-3-10-18(19)22(28)24-16-7-1-2-8-16/h3-6,9-12,16H,1-2,7-8,13-14H2,(H,24,28)(H,25,26). The molecule has 2 aromatic carbocycles. The van der Waals surface area contributed by atoms with Crippen LogP contribution in [0, 0.1) is 5.82 Å². The molecule has 0 aliphatic heterocycles. The third-order valence-electron chi connectivity index (χ3n) is 4.65. The van der Waals surface area contributed by atoms with Crippen LogP contribution in [0.3, 0.4) is 0 Å². The summed E-state index contributed by atoms with van der Waals surface area (Å²) in [5.41, 5.74) is 0.684. The number of hydrogen-bond donors (Lipinski definition) is 2. The van der Waals surface area contributed by atoms with Gasteiger partial charge in [-0.3, -0.25) is 9.59 Å². The lowest BCUT2D eigenvalue weighted by Gasteiger charge is -2.15. The molecule has 0 unspecified atom stereocenters. The molecule has 2 N–H and O–H groups in total. The van der Waals surface area contributed by atoms with E-state index in [-0.39, 0.29) is 17.7 Å². The second kappa shape index (κ2) is 10.4. The van der Waals surface area contributed by atoms with E-state index in [0.29, 0.717) is 11.3 Å². The lowest BCUT2D eigenvalue weighted by molar-refractivity contribution is -0.149. The van der Waals surface area contributed by atoms with Gasteiger partial charge in [-0.2, -0.15) is 0 Å². The normalized spacial score (nSPS) is 13.5. The number of ether oxygens (including phenoxy) is 2. The van der Waals surface area contributed by atoms with E-state index in [4.69, 9.17) is 9.47 Å². The van der Waals surface area contributed by atoms with Gasteiger partial charge in [-0.1, -0.05) is 31.0 Å². The topological polar surface area (TPSA) is 93.7 Å². The van der Waals surface area contributed by atoms with Crippen LogP contribution in [-0.4, -0.2) is 37.0 Å². The Morgan fingerprint density at radius 1 is 1.00 bits per heavy atom. The van der Waals surface area contributed by atoms with Crippen molar-refractivity contribution in [3.05, 3.63) is 59.9 Å². The Labute approximate surface area is 173 Å². The molecule has 0 bridgehead atoms. The van der Waals surface area contributed by atoms with Crippen LogP contribution in [0.4, 0.5) is 10.1 Å². The smallest absolute Gasteiger partial charge is 0.344 e. The van der Waals surface area contributed by atoms with Gasteiger partial charge in [0.25, 0.3) is 11.8 Å². The third-order valence-corrected chi connectivity index (χ3v) is 4.65. The zero-order valence-electron chi connectivity index (χ0n) is 16.4. The predicted molar refractivity (Wildman–Crippen MR) is 108 cm³/mol. The summed E-state index contributed by atoms with van der Waals surface area (Å²) in [4.78, 5) is 36.4. The molecular weight excluding hydrogens is 391 g/mol. The monoisotopic (exact) mass is 414 g/mol. The number of rotatable bonds is 8. The first-order valence-electron chi connectivity index (χ1n) is 9.75. The van der Waals surface area contributed by atoms with Crippen molar-refractivity contribution in [3.63, 3.8) is 0 Å². The van der Waals surface area contributed by atoms with Crippen molar-refractivity contribution in [1.82, 2.24) is 5.32 Å². The van der Waals surface area contributed by atoms with Crippen molar-refractivity contribution in [3.8, 4) is 5.75 Å². The summed E-state index contributed by atoms with van der Waals surface area (Å²) in [6.45, 7) is -0.999. The van der Waals surface area contributed by atoms with Gasteiger partial charge in [-0.25, -0.2) is 9.18 Å². The number of anilines is 1. The van der Waals surface area contributed by atoms with Crippen LogP contribution in [0.15, 0.2) is 48.5 Å². The maximum atomic E-state index is 13.1. The first-order chi connectivity index (χ1) is 14.5. The van der Waals surface area contributed by atoms with Gasteiger partial charge in [0.15, 0.2) is 13.2 Å². The van der Waals surface area contributed by atoms with Gasteiger partial charge in [0, 0.05) is 12.1 Å². The number of benzene rings is 2. The van der Waals surface area contributed by atoms with E-state index in [1.807, 2.05) is 0 Å². The molecule has 30 heavy (non-hydrogen) atoms. The van der Waals surface area contributed by atoms with Crippen LogP contribution in [0.5, 0.6) is 5.75 Å². The average Bonchev–Trinajstić information content (AvgIpc) is 3.24. The highest BCUT2D eigenvalue weighted by Crippen LogP contribution is 2.20. The van der Waals surface area contributed by atoms with Gasteiger partial charge >= 0.3 is 5.97 Å². The maximum absolute atomic E-state index is 13.1. The summed E-state index contributed by atoms with van der Waals surface area (Å²) in [6.07, 6.45) is 4.09. The number of carbonyl (C=O) groups excluding carboxylic acids is 3.